The highest BCUT2D eigenvalue weighted by atomic mass is 16.7. The number of para-hydroxylation sites is 1. The SMILES string of the molecule is OC(O)(O)C(O)(O)Nc1ccccc1. The van der Waals surface area contributed by atoms with Gasteiger partial charge in [0.05, 0.1) is 0 Å². The van der Waals surface area contributed by atoms with Crippen LogP contribution in [0, 0.1) is 0 Å². The third-order valence-corrected chi connectivity index (χ3v) is 1.56. The fraction of sp³-hybridized carbons (Fsp3) is 0.250. The van der Waals surface area contributed by atoms with E-state index in [9.17, 15) is 0 Å². The van der Waals surface area contributed by atoms with E-state index in [-0.39, 0.29) is 5.69 Å². The van der Waals surface area contributed by atoms with Crippen molar-refractivity contribution in [2.75, 3.05) is 5.32 Å². The van der Waals surface area contributed by atoms with Gasteiger partial charge in [0.2, 0.25) is 0 Å². The zero-order valence-corrected chi connectivity index (χ0v) is 7.12. The zero-order chi connectivity index (χ0) is 10.8. The summed E-state index contributed by atoms with van der Waals surface area (Å²) in [6.45, 7) is 0. The molecule has 78 valence electrons. The van der Waals surface area contributed by atoms with Crippen LogP contribution in [-0.4, -0.2) is 37.4 Å². The number of rotatable bonds is 3. The zero-order valence-electron chi connectivity index (χ0n) is 7.12. The summed E-state index contributed by atoms with van der Waals surface area (Å²) in [6.07, 6.45) is 0. The Morgan fingerprint density at radius 2 is 1.36 bits per heavy atom. The van der Waals surface area contributed by atoms with Crippen LogP contribution in [0.2, 0.25) is 0 Å². The molecule has 6 N–H and O–H groups in total. The first kappa shape index (κ1) is 10.9. The van der Waals surface area contributed by atoms with Crippen molar-refractivity contribution in [3.8, 4) is 0 Å². The Morgan fingerprint density at radius 3 is 1.79 bits per heavy atom. The molecule has 0 atom stereocenters. The van der Waals surface area contributed by atoms with Crippen LogP contribution in [0.25, 0.3) is 0 Å². The van der Waals surface area contributed by atoms with Crippen molar-refractivity contribution in [1.29, 1.82) is 0 Å². The maximum Gasteiger partial charge on any atom is 0.355 e. The van der Waals surface area contributed by atoms with E-state index >= 15 is 0 Å². The molecule has 1 aromatic rings. The van der Waals surface area contributed by atoms with Crippen LogP contribution in [0.4, 0.5) is 5.69 Å². The van der Waals surface area contributed by atoms with Crippen molar-refractivity contribution in [2.24, 2.45) is 0 Å². The van der Waals surface area contributed by atoms with Crippen molar-refractivity contribution in [2.45, 2.75) is 11.9 Å². The van der Waals surface area contributed by atoms with Crippen molar-refractivity contribution in [3.05, 3.63) is 30.3 Å². The van der Waals surface area contributed by atoms with Gasteiger partial charge in [-0.2, -0.15) is 0 Å². The van der Waals surface area contributed by atoms with Crippen LogP contribution in [-0.2, 0) is 0 Å². The van der Waals surface area contributed by atoms with E-state index in [1.807, 2.05) is 5.32 Å². The maximum absolute atomic E-state index is 9.00. The van der Waals surface area contributed by atoms with Gasteiger partial charge in [-0.15, -0.1) is 0 Å². The fourth-order valence-corrected chi connectivity index (χ4v) is 0.807. The molecule has 0 amide bonds. The molecule has 0 aliphatic heterocycles. The summed E-state index contributed by atoms with van der Waals surface area (Å²) in [7, 11) is 0. The van der Waals surface area contributed by atoms with Gasteiger partial charge >= 0.3 is 11.9 Å². The number of benzene rings is 1. The first-order chi connectivity index (χ1) is 6.33. The Morgan fingerprint density at radius 1 is 0.857 bits per heavy atom. The van der Waals surface area contributed by atoms with Gasteiger partial charge in [-0.05, 0) is 12.1 Å². The molecule has 0 saturated heterocycles. The molecular formula is C8H11NO5. The number of nitrogens with one attached hydrogen (secondary N) is 1. The molecule has 0 radical (unpaired) electrons. The van der Waals surface area contributed by atoms with Gasteiger partial charge in [0, 0.05) is 5.69 Å². The molecular weight excluding hydrogens is 190 g/mol. The molecule has 0 aliphatic carbocycles. The van der Waals surface area contributed by atoms with E-state index in [1.54, 1.807) is 18.2 Å². The smallest absolute Gasteiger partial charge is 0.343 e. The highest BCUT2D eigenvalue weighted by Gasteiger charge is 2.46. The molecule has 0 saturated carbocycles. The maximum atomic E-state index is 9.00. The summed E-state index contributed by atoms with van der Waals surface area (Å²) < 4.78 is 0. The van der Waals surface area contributed by atoms with Crippen LogP contribution in [0.3, 0.4) is 0 Å². The lowest BCUT2D eigenvalue weighted by atomic mass is 10.3. The van der Waals surface area contributed by atoms with Crippen molar-refractivity contribution >= 4 is 5.69 Å². The molecule has 1 rings (SSSR count). The molecule has 0 bridgehead atoms. The Kier molecular flexibility index (Phi) is 2.74. The summed E-state index contributed by atoms with van der Waals surface area (Å²) in [5.41, 5.74) is 0.207. The second kappa shape index (κ2) is 3.52. The van der Waals surface area contributed by atoms with Gasteiger partial charge in [0.25, 0.3) is 0 Å². The largest absolute Gasteiger partial charge is 0.355 e. The van der Waals surface area contributed by atoms with Gasteiger partial charge in [-0.1, -0.05) is 18.2 Å². The normalized spacial score (nSPS) is 12.6. The number of anilines is 1. The molecule has 0 fully saturated rings. The first-order valence-corrected chi connectivity index (χ1v) is 3.78. The lowest BCUT2D eigenvalue weighted by Crippen LogP contribution is -2.59. The minimum absolute atomic E-state index is 0.207. The highest BCUT2D eigenvalue weighted by molar-refractivity contribution is 5.43. The van der Waals surface area contributed by atoms with Crippen LogP contribution in [0.5, 0.6) is 0 Å². The quantitative estimate of drug-likeness (QED) is 0.327. The third kappa shape index (κ3) is 2.41. The number of aliphatic hydroxyl groups is 5. The average molecular weight is 201 g/mol. The van der Waals surface area contributed by atoms with Gasteiger partial charge in [0.15, 0.2) is 0 Å². The predicted octanol–water partition coefficient (Wildman–Crippen LogP) is -1.63. The summed E-state index contributed by atoms with van der Waals surface area (Å²) in [5, 5.41) is 45.6. The van der Waals surface area contributed by atoms with E-state index in [2.05, 4.69) is 0 Å². The molecule has 0 aromatic heterocycles. The predicted molar refractivity (Wildman–Crippen MR) is 46.6 cm³/mol. The summed E-state index contributed by atoms with van der Waals surface area (Å²) >= 11 is 0. The fourth-order valence-electron chi connectivity index (χ4n) is 0.807. The Labute approximate surface area is 79.7 Å². The summed E-state index contributed by atoms with van der Waals surface area (Å²) in [5.74, 6) is -6.89. The van der Waals surface area contributed by atoms with E-state index in [4.69, 9.17) is 25.5 Å². The van der Waals surface area contributed by atoms with Gasteiger partial charge in [-0.3, -0.25) is 0 Å². The molecule has 14 heavy (non-hydrogen) atoms. The summed E-state index contributed by atoms with van der Waals surface area (Å²) in [6, 6.07) is 7.77. The molecule has 6 nitrogen and oxygen atoms in total. The topological polar surface area (TPSA) is 113 Å². The lowest BCUT2D eigenvalue weighted by molar-refractivity contribution is -0.436. The van der Waals surface area contributed by atoms with E-state index in [0.29, 0.717) is 0 Å². The second-order valence-corrected chi connectivity index (χ2v) is 2.80. The molecule has 6 heteroatoms. The van der Waals surface area contributed by atoms with Crippen molar-refractivity contribution in [1.82, 2.24) is 0 Å². The molecule has 1 aromatic carbocycles. The number of hydrogen-bond acceptors (Lipinski definition) is 6. The van der Waals surface area contributed by atoms with E-state index < -0.39 is 11.9 Å². The minimum Gasteiger partial charge on any atom is -0.343 e. The van der Waals surface area contributed by atoms with Crippen LogP contribution < -0.4 is 5.32 Å². The standard InChI is InChI=1S/C8H11NO5/c10-7(11,8(12,13)14)9-6-4-2-1-3-5-6/h1-5,9-14H. The van der Waals surface area contributed by atoms with Crippen molar-refractivity contribution in [3.63, 3.8) is 0 Å². The Hall–Kier alpha value is -1.18. The van der Waals surface area contributed by atoms with Crippen LogP contribution in [0.15, 0.2) is 30.3 Å². The third-order valence-electron chi connectivity index (χ3n) is 1.56. The monoisotopic (exact) mass is 201 g/mol. The van der Waals surface area contributed by atoms with E-state index in [0.717, 1.165) is 0 Å². The molecule has 0 aliphatic rings. The molecule has 0 spiro atoms. The minimum atomic E-state index is -3.65. The first-order valence-electron chi connectivity index (χ1n) is 3.78. The van der Waals surface area contributed by atoms with Crippen LogP contribution in [0.1, 0.15) is 0 Å². The average Bonchev–Trinajstić information content (AvgIpc) is 2.03. The Bertz CT molecular complexity index is 292. The number of hydrogen-bond donors (Lipinski definition) is 6. The van der Waals surface area contributed by atoms with Crippen LogP contribution >= 0.6 is 0 Å². The second-order valence-electron chi connectivity index (χ2n) is 2.80. The van der Waals surface area contributed by atoms with Gasteiger partial charge in [-0.25, -0.2) is 0 Å². The molecule has 0 unspecified atom stereocenters. The van der Waals surface area contributed by atoms with Crippen molar-refractivity contribution < 1.29 is 25.5 Å². The Balaban J connectivity index is 2.79. The molecule has 0 heterocycles. The van der Waals surface area contributed by atoms with Gasteiger partial charge < -0.3 is 30.8 Å². The van der Waals surface area contributed by atoms with E-state index in [1.165, 1.54) is 12.1 Å². The highest BCUT2D eigenvalue weighted by Crippen LogP contribution is 2.17. The lowest BCUT2D eigenvalue weighted by Gasteiger charge is -2.30. The van der Waals surface area contributed by atoms with Gasteiger partial charge in [0.1, 0.15) is 0 Å². The summed E-state index contributed by atoms with van der Waals surface area (Å²) in [4.78, 5) is 0.